The van der Waals surface area contributed by atoms with E-state index in [0.29, 0.717) is 0 Å². The maximum Gasteiger partial charge on any atom is 0.339 e. The number of rotatable bonds is 6. The van der Waals surface area contributed by atoms with Gasteiger partial charge in [0, 0.05) is 5.56 Å². The molecule has 0 saturated carbocycles. The van der Waals surface area contributed by atoms with Crippen LogP contribution >= 0.6 is 0 Å². The monoisotopic (exact) mass is 384 g/mol. The highest BCUT2D eigenvalue weighted by Gasteiger charge is 2.35. The zero-order valence-electron chi connectivity index (χ0n) is 15.3. The lowest BCUT2D eigenvalue weighted by Gasteiger charge is -2.14. The number of nitrogens with zero attached hydrogens (tertiary/aromatic N) is 2. The number of carbonyl (C=O) groups is 2. The standard InChI is InChI=1S/C19H16N2O7/c1-10(2)28-19(24)13-8-14(27-3)18(23)16(21(25)26)15(13)17(22)12-6-4-11(9-20)5-7-12/h4-8,10,23H,1-3H3. The zero-order valence-corrected chi connectivity index (χ0v) is 15.3. The van der Waals surface area contributed by atoms with Gasteiger partial charge in [-0.2, -0.15) is 5.26 Å². The van der Waals surface area contributed by atoms with Crippen molar-refractivity contribution in [2.45, 2.75) is 20.0 Å². The molecule has 0 atom stereocenters. The Kier molecular flexibility index (Phi) is 5.95. The van der Waals surface area contributed by atoms with Gasteiger partial charge in [0.05, 0.1) is 35.3 Å². The summed E-state index contributed by atoms with van der Waals surface area (Å²) in [6, 6.07) is 8.21. The van der Waals surface area contributed by atoms with Crippen molar-refractivity contribution in [3.63, 3.8) is 0 Å². The number of ether oxygens (including phenoxy) is 2. The second-order valence-electron chi connectivity index (χ2n) is 5.93. The number of nitro groups is 1. The van der Waals surface area contributed by atoms with Crippen LogP contribution in [-0.4, -0.2) is 35.0 Å². The topological polar surface area (TPSA) is 140 Å². The van der Waals surface area contributed by atoms with Gasteiger partial charge in [0.25, 0.3) is 0 Å². The number of nitro benzene ring substituents is 1. The summed E-state index contributed by atoms with van der Waals surface area (Å²) in [5, 5.41) is 30.6. The Bertz CT molecular complexity index is 989. The van der Waals surface area contributed by atoms with E-state index < -0.39 is 45.3 Å². The Morgan fingerprint density at radius 1 is 1.25 bits per heavy atom. The summed E-state index contributed by atoms with van der Waals surface area (Å²) in [6.45, 7) is 3.15. The van der Waals surface area contributed by atoms with E-state index in [4.69, 9.17) is 14.7 Å². The van der Waals surface area contributed by atoms with E-state index in [-0.39, 0.29) is 16.9 Å². The first-order valence-electron chi connectivity index (χ1n) is 8.05. The number of phenols is 1. The summed E-state index contributed by atoms with van der Waals surface area (Å²) < 4.78 is 9.97. The van der Waals surface area contributed by atoms with Crippen molar-refractivity contribution in [1.29, 1.82) is 5.26 Å². The fourth-order valence-electron chi connectivity index (χ4n) is 2.48. The highest BCUT2D eigenvalue weighted by molar-refractivity contribution is 6.17. The maximum atomic E-state index is 13.0. The molecule has 0 amide bonds. The lowest BCUT2D eigenvalue weighted by atomic mass is 9.95. The lowest BCUT2D eigenvalue weighted by molar-refractivity contribution is -0.386. The Morgan fingerprint density at radius 3 is 2.32 bits per heavy atom. The summed E-state index contributed by atoms with van der Waals surface area (Å²) in [4.78, 5) is 36.1. The average molecular weight is 384 g/mol. The van der Waals surface area contributed by atoms with E-state index in [0.717, 1.165) is 13.2 Å². The third-order valence-corrected chi connectivity index (χ3v) is 3.71. The minimum atomic E-state index is -0.978. The molecule has 0 aliphatic carbocycles. The minimum Gasteiger partial charge on any atom is -0.499 e. The second-order valence-corrected chi connectivity index (χ2v) is 5.93. The molecule has 0 heterocycles. The zero-order chi connectivity index (χ0) is 21.0. The first kappa shape index (κ1) is 20.4. The molecule has 0 saturated heterocycles. The van der Waals surface area contributed by atoms with Crippen LogP contribution in [0.25, 0.3) is 0 Å². The number of aromatic hydroxyl groups is 1. The number of carbonyl (C=O) groups excluding carboxylic acids is 2. The van der Waals surface area contributed by atoms with Crippen LogP contribution in [0.2, 0.25) is 0 Å². The molecule has 2 aromatic carbocycles. The Morgan fingerprint density at radius 2 is 1.86 bits per heavy atom. The molecule has 0 bridgehead atoms. The molecule has 9 heteroatoms. The van der Waals surface area contributed by atoms with Gasteiger partial charge >= 0.3 is 11.7 Å². The molecule has 9 nitrogen and oxygen atoms in total. The molecule has 144 valence electrons. The first-order valence-corrected chi connectivity index (χ1v) is 8.05. The van der Waals surface area contributed by atoms with Gasteiger partial charge in [-0.1, -0.05) is 0 Å². The molecular weight excluding hydrogens is 368 g/mol. The normalized spacial score (nSPS) is 10.2. The fourth-order valence-corrected chi connectivity index (χ4v) is 2.48. The largest absolute Gasteiger partial charge is 0.499 e. The van der Waals surface area contributed by atoms with Crippen molar-refractivity contribution in [2.24, 2.45) is 0 Å². The van der Waals surface area contributed by atoms with Gasteiger partial charge < -0.3 is 14.6 Å². The molecule has 0 aliphatic rings. The van der Waals surface area contributed by atoms with Gasteiger partial charge in [0.1, 0.15) is 5.56 Å². The lowest BCUT2D eigenvalue weighted by Crippen LogP contribution is -2.18. The van der Waals surface area contributed by atoms with Crippen LogP contribution in [0.3, 0.4) is 0 Å². The van der Waals surface area contributed by atoms with E-state index in [1.807, 2.05) is 6.07 Å². The van der Waals surface area contributed by atoms with Crippen molar-refractivity contribution < 1.29 is 29.1 Å². The number of phenolic OH excluding ortho intramolecular Hbond substituents is 1. The number of benzene rings is 2. The van der Waals surface area contributed by atoms with Crippen LogP contribution in [0.1, 0.15) is 45.7 Å². The molecular formula is C19H16N2O7. The van der Waals surface area contributed by atoms with Gasteiger partial charge in [-0.05, 0) is 44.2 Å². The van der Waals surface area contributed by atoms with Crippen LogP contribution in [-0.2, 0) is 4.74 Å². The van der Waals surface area contributed by atoms with Crippen LogP contribution in [0.5, 0.6) is 11.5 Å². The maximum absolute atomic E-state index is 13.0. The Balaban J connectivity index is 2.78. The van der Waals surface area contributed by atoms with Crippen molar-refractivity contribution in [3.8, 4) is 17.6 Å². The summed E-state index contributed by atoms with van der Waals surface area (Å²) in [7, 11) is 1.15. The van der Waals surface area contributed by atoms with E-state index in [1.54, 1.807) is 13.8 Å². The molecule has 28 heavy (non-hydrogen) atoms. The molecule has 0 aliphatic heterocycles. The molecule has 0 aromatic heterocycles. The van der Waals surface area contributed by atoms with E-state index in [1.165, 1.54) is 24.3 Å². The smallest absolute Gasteiger partial charge is 0.339 e. The molecule has 2 aromatic rings. The van der Waals surface area contributed by atoms with Crippen LogP contribution in [0, 0.1) is 21.4 Å². The highest BCUT2D eigenvalue weighted by atomic mass is 16.6. The molecule has 0 unspecified atom stereocenters. The Labute approximate surface area is 159 Å². The third kappa shape index (κ3) is 3.91. The molecule has 2 rings (SSSR count). The van der Waals surface area contributed by atoms with Crippen molar-refractivity contribution in [3.05, 3.63) is 62.7 Å². The van der Waals surface area contributed by atoms with Gasteiger partial charge in [-0.15, -0.1) is 0 Å². The van der Waals surface area contributed by atoms with E-state index >= 15 is 0 Å². The SMILES string of the molecule is COc1cc(C(=O)OC(C)C)c(C(=O)c2ccc(C#N)cc2)c([N+](=O)[O-])c1O. The second kappa shape index (κ2) is 8.18. The number of nitriles is 1. The van der Waals surface area contributed by atoms with Crippen LogP contribution in [0.15, 0.2) is 30.3 Å². The summed E-state index contributed by atoms with van der Waals surface area (Å²) in [6.07, 6.45) is -0.552. The van der Waals surface area contributed by atoms with Crippen molar-refractivity contribution >= 4 is 17.4 Å². The quantitative estimate of drug-likeness (QED) is 0.347. The van der Waals surface area contributed by atoms with Crippen molar-refractivity contribution in [1.82, 2.24) is 0 Å². The van der Waals surface area contributed by atoms with Gasteiger partial charge in [-0.25, -0.2) is 4.79 Å². The number of esters is 1. The molecule has 0 radical (unpaired) electrons. The van der Waals surface area contributed by atoms with Crippen LogP contribution < -0.4 is 4.74 Å². The molecule has 0 spiro atoms. The highest BCUT2D eigenvalue weighted by Crippen LogP contribution is 2.42. The molecule has 0 fully saturated rings. The van der Waals surface area contributed by atoms with Gasteiger partial charge in [0.2, 0.25) is 11.5 Å². The third-order valence-electron chi connectivity index (χ3n) is 3.71. The summed E-state index contributed by atoms with van der Waals surface area (Å²) >= 11 is 0. The van der Waals surface area contributed by atoms with Gasteiger partial charge in [-0.3, -0.25) is 14.9 Å². The predicted molar refractivity (Wildman–Crippen MR) is 96.5 cm³/mol. The number of hydrogen-bond donors (Lipinski definition) is 1. The first-order chi connectivity index (χ1) is 13.2. The number of methoxy groups -OCH3 is 1. The van der Waals surface area contributed by atoms with E-state index in [2.05, 4.69) is 0 Å². The number of hydrogen-bond acceptors (Lipinski definition) is 8. The summed E-state index contributed by atoms with van der Waals surface area (Å²) in [5.74, 6) is -3.09. The van der Waals surface area contributed by atoms with E-state index in [9.17, 15) is 24.8 Å². The summed E-state index contributed by atoms with van der Waals surface area (Å²) in [5.41, 5.74) is -1.74. The predicted octanol–water partition coefficient (Wildman–Crippen LogP) is 2.98. The van der Waals surface area contributed by atoms with Crippen LogP contribution in [0.4, 0.5) is 5.69 Å². The number of ketones is 1. The average Bonchev–Trinajstić information content (AvgIpc) is 2.66. The molecule has 1 N–H and O–H groups in total. The van der Waals surface area contributed by atoms with Crippen molar-refractivity contribution in [2.75, 3.05) is 7.11 Å². The fraction of sp³-hybridized carbons (Fsp3) is 0.211. The van der Waals surface area contributed by atoms with Gasteiger partial charge in [0.15, 0.2) is 5.75 Å². The Hall–Kier alpha value is -3.93. The minimum absolute atomic E-state index is 0.00902.